The van der Waals surface area contributed by atoms with Crippen molar-refractivity contribution in [2.75, 3.05) is 5.75 Å². The van der Waals surface area contributed by atoms with E-state index in [-0.39, 0.29) is 0 Å². The molecule has 1 aromatic rings. The summed E-state index contributed by atoms with van der Waals surface area (Å²) < 4.78 is 1.87. The van der Waals surface area contributed by atoms with Crippen molar-refractivity contribution in [2.24, 2.45) is 0 Å². The van der Waals surface area contributed by atoms with Crippen LogP contribution in [0.1, 0.15) is 77.6 Å². The first-order valence-electron chi connectivity index (χ1n) is 8.01. The van der Waals surface area contributed by atoms with Gasteiger partial charge in [0.2, 0.25) is 0 Å². The van der Waals surface area contributed by atoms with Crippen molar-refractivity contribution >= 4 is 35.3 Å². The van der Waals surface area contributed by atoms with Gasteiger partial charge in [-0.1, -0.05) is 94.2 Å². The molecule has 1 N–H and O–H groups in total. The summed E-state index contributed by atoms with van der Waals surface area (Å²) in [6.07, 6.45) is 15.4. The summed E-state index contributed by atoms with van der Waals surface area (Å²) in [7, 11) is 0. The molecule has 0 saturated carbocycles. The van der Waals surface area contributed by atoms with Crippen LogP contribution in [-0.2, 0) is 0 Å². The second-order valence-corrected chi connectivity index (χ2v) is 8.27. The van der Waals surface area contributed by atoms with Crippen LogP contribution in [0, 0.1) is 3.95 Å². The Morgan fingerprint density at radius 1 is 0.950 bits per heavy atom. The van der Waals surface area contributed by atoms with Gasteiger partial charge in [0.1, 0.15) is 0 Å². The molecule has 0 aliphatic rings. The number of unbranched alkanes of at least 4 members (excludes halogenated alkanes) is 10. The molecule has 116 valence electrons. The predicted molar refractivity (Wildman–Crippen MR) is 94.5 cm³/mol. The third-order valence-corrected chi connectivity index (χ3v) is 5.71. The van der Waals surface area contributed by atoms with E-state index >= 15 is 0 Å². The number of rotatable bonds is 13. The number of hydrogen-bond acceptors (Lipinski definition) is 4. The zero-order chi connectivity index (χ0) is 14.5. The molecule has 0 aliphatic heterocycles. The van der Waals surface area contributed by atoms with Crippen LogP contribution in [0.3, 0.4) is 0 Å². The van der Waals surface area contributed by atoms with Gasteiger partial charge in [-0.2, -0.15) is 5.10 Å². The fourth-order valence-electron chi connectivity index (χ4n) is 2.20. The molecule has 1 aromatic heterocycles. The molecule has 0 atom stereocenters. The lowest BCUT2D eigenvalue weighted by Crippen LogP contribution is -1.84. The van der Waals surface area contributed by atoms with E-state index in [1.165, 1.54) is 76.4 Å². The molecule has 1 heterocycles. The van der Waals surface area contributed by atoms with Gasteiger partial charge in [0.15, 0.2) is 8.29 Å². The lowest BCUT2D eigenvalue weighted by atomic mass is 10.1. The Morgan fingerprint density at radius 2 is 1.50 bits per heavy atom. The van der Waals surface area contributed by atoms with E-state index in [1.807, 2.05) is 11.8 Å². The van der Waals surface area contributed by atoms with Crippen molar-refractivity contribution in [2.45, 2.75) is 81.9 Å². The SMILES string of the molecule is CCCCCCCCCCCCCSc1n[nH]c(=S)s1. The Labute approximate surface area is 137 Å². The lowest BCUT2D eigenvalue weighted by molar-refractivity contribution is 0.555. The molecule has 0 aromatic carbocycles. The molecular weight excluding hydrogens is 304 g/mol. The minimum Gasteiger partial charge on any atom is -0.257 e. The van der Waals surface area contributed by atoms with E-state index < -0.39 is 0 Å². The highest BCUT2D eigenvalue weighted by atomic mass is 32.2. The van der Waals surface area contributed by atoms with Gasteiger partial charge in [0.25, 0.3) is 0 Å². The van der Waals surface area contributed by atoms with Crippen LogP contribution in [0.5, 0.6) is 0 Å². The third kappa shape index (κ3) is 9.94. The molecule has 20 heavy (non-hydrogen) atoms. The smallest absolute Gasteiger partial charge is 0.177 e. The summed E-state index contributed by atoms with van der Waals surface area (Å²) in [6.45, 7) is 2.28. The van der Waals surface area contributed by atoms with Gasteiger partial charge >= 0.3 is 0 Å². The van der Waals surface area contributed by atoms with Gasteiger partial charge in [-0.25, -0.2) is 0 Å². The fourth-order valence-corrected chi connectivity index (χ4v) is 4.35. The third-order valence-electron chi connectivity index (χ3n) is 3.39. The Morgan fingerprint density at radius 3 is 2.00 bits per heavy atom. The van der Waals surface area contributed by atoms with Crippen LogP contribution < -0.4 is 0 Å². The van der Waals surface area contributed by atoms with E-state index in [2.05, 4.69) is 17.1 Å². The summed E-state index contributed by atoms with van der Waals surface area (Å²) >= 11 is 8.43. The second-order valence-electron chi connectivity index (χ2n) is 5.26. The maximum atomic E-state index is 5.01. The first-order valence-corrected chi connectivity index (χ1v) is 10.2. The quantitative estimate of drug-likeness (QED) is 0.250. The molecule has 1 rings (SSSR count). The largest absolute Gasteiger partial charge is 0.257 e. The number of nitrogens with one attached hydrogen (secondary N) is 1. The summed E-state index contributed by atoms with van der Waals surface area (Å²) in [6, 6.07) is 0. The minimum atomic E-state index is 0.784. The summed E-state index contributed by atoms with van der Waals surface area (Å²) in [5.41, 5.74) is 0. The molecule has 0 spiro atoms. The molecule has 0 radical (unpaired) electrons. The van der Waals surface area contributed by atoms with E-state index in [9.17, 15) is 0 Å². The summed E-state index contributed by atoms with van der Waals surface area (Å²) in [5, 5.41) is 6.98. The Kier molecular flexibility index (Phi) is 11.7. The maximum absolute atomic E-state index is 5.01. The molecule has 0 bridgehead atoms. The number of H-pyrrole nitrogens is 1. The van der Waals surface area contributed by atoms with E-state index in [0.717, 1.165) is 8.29 Å². The summed E-state index contributed by atoms with van der Waals surface area (Å²) in [5.74, 6) is 1.17. The topological polar surface area (TPSA) is 28.7 Å². The summed E-state index contributed by atoms with van der Waals surface area (Å²) in [4.78, 5) is 0. The van der Waals surface area contributed by atoms with Crippen molar-refractivity contribution in [1.82, 2.24) is 10.2 Å². The number of aromatic nitrogens is 2. The normalized spacial score (nSPS) is 11.1. The zero-order valence-corrected chi connectivity index (χ0v) is 15.1. The van der Waals surface area contributed by atoms with Crippen molar-refractivity contribution in [3.8, 4) is 0 Å². The van der Waals surface area contributed by atoms with E-state index in [4.69, 9.17) is 12.2 Å². The highest BCUT2D eigenvalue weighted by Crippen LogP contribution is 2.22. The van der Waals surface area contributed by atoms with Gasteiger partial charge in [0.05, 0.1) is 0 Å². The highest BCUT2D eigenvalue weighted by molar-refractivity contribution is 8.01. The van der Waals surface area contributed by atoms with Crippen LogP contribution in [0.15, 0.2) is 4.34 Å². The predicted octanol–water partition coefficient (Wildman–Crippen LogP) is 6.60. The van der Waals surface area contributed by atoms with Crippen molar-refractivity contribution in [1.29, 1.82) is 0 Å². The molecule has 0 amide bonds. The molecule has 0 saturated heterocycles. The zero-order valence-electron chi connectivity index (χ0n) is 12.7. The first-order chi connectivity index (χ1) is 9.83. The maximum Gasteiger partial charge on any atom is 0.177 e. The second kappa shape index (κ2) is 12.8. The Hall–Kier alpha value is 0.130. The van der Waals surface area contributed by atoms with Crippen LogP contribution in [0.2, 0.25) is 0 Å². The number of nitrogens with zero attached hydrogens (tertiary/aromatic N) is 1. The van der Waals surface area contributed by atoms with Crippen LogP contribution in [-0.4, -0.2) is 16.0 Å². The Bertz CT molecular complexity index is 373. The van der Waals surface area contributed by atoms with Crippen molar-refractivity contribution in [3.63, 3.8) is 0 Å². The molecule has 0 unspecified atom stereocenters. The monoisotopic (exact) mass is 332 g/mol. The van der Waals surface area contributed by atoms with Crippen LogP contribution in [0.4, 0.5) is 0 Å². The number of hydrogen-bond donors (Lipinski definition) is 1. The fraction of sp³-hybridized carbons (Fsp3) is 0.867. The molecular formula is C15H28N2S3. The lowest BCUT2D eigenvalue weighted by Gasteiger charge is -2.02. The number of aromatic amines is 1. The van der Waals surface area contributed by atoms with Gasteiger partial charge < -0.3 is 0 Å². The standard InChI is InChI=1S/C15H28N2S3/c1-2-3-4-5-6-7-8-9-10-11-12-13-19-15-17-16-14(18)20-15/h2-13H2,1H3,(H,16,18). The van der Waals surface area contributed by atoms with Crippen LogP contribution in [0.25, 0.3) is 0 Å². The molecule has 0 aliphatic carbocycles. The average Bonchev–Trinajstić information content (AvgIpc) is 2.86. The highest BCUT2D eigenvalue weighted by Gasteiger charge is 1.98. The minimum absolute atomic E-state index is 0.784. The van der Waals surface area contributed by atoms with Gasteiger partial charge in [-0.3, -0.25) is 5.10 Å². The van der Waals surface area contributed by atoms with Crippen molar-refractivity contribution < 1.29 is 0 Å². The molecule has 2 nitrogen and oxygen atoms in total. The van der Waals surface area contributed by atoms with Gasteiger partial charge in [-0.15, -0.1) is 0 Å². The van der Waals surface area contributed by atoms with E-state index in [1.54, 1.807) is 11.3 Å². The Balaban J connectivity index is 1.77. The molecule has 5 heteroatoms. The van der Waals surface area contributed by atoms with Gasteiger partial charge in [0, 0.05) is 5.75 Å². The first kappa shape index (κ1) is 18.2. The van der Waals surface area contributed by atoms with Crippen LogP contribution >= 0.6 is 35.3 Å². The average molecular weight is 333 g/mol. The van der Waals surface area contributed by atoms with Crippen molar-refractivity contribution in [3.05, 3.63) is 3.95 Å². The van der Waals surface area contributed by atoms with E-state index in [0.29, 0.717) is 0 Å². The van der Waals surface area contributed by atoms with Gasteiger partial charge in [-0.05, 0) is 18.6 Å². The molecule has 0 fully saturated rings. The number of thioether (sulfide) groups is 1.